The van der Waals surface area contributed by atoms with Crippen molar-refractivity contribution in [2.75, 3.05) is 33.2 Å². The highest BCUT2D eigenvalue weighted by molar-refractivity contribution is 8.18. The van der Waals surface area contributed by atoms with Crippen LogP contribution in [0.25, 0.3) is 6.08 Å². The molecule has 34 heavy (non-hydrogen) atoms. The molecule has 1 fully saturated rings. The van der Waals surface area contributed by atoms with E-state index in [1.54, 1.807) is 18.2 Å². The average molecular weight is 496 g/mol. The van der Waals surface area contributed by atoms with E-state index in [0.29, 0.717) is 39.8 Å². The number of ether oxygens (including phenoxy) is 3. The van der Waals surface area contributed by atoms with Crippen molar-refractivity contribution in [3.63, 3.8) is 0 Å². The third-order valence-electron chi connectivity index (χ3n) is 4.70. The minimum absolute atomic E-state index is 0.0134. The van der Waals surface area contributed by atoms with Crippen molar-refractivity contribution in [3.05, 3.63) is 52.4 Å². The Labute approximate surface area is 196 Å². The maximum Gasteiger partial charge on any atom is 0.416 e. The van der Waals surface area contributed by atoms with E-state index in [9.17, 15) is 27.6 Å². The van der Waals surface area contributed by atoms with E-state index < -0.39 is 35.3 Å². The van der Waals surface area contributed by atoms with Crippen molar-refractivity contribution in [1.82, 2.24) is 4.90 Å². The Morgan fingerprint density at radius 1 is 1.03 bits per heavy atom. The number of carbonyl (C=O) groups excluding carboxylic acids is 3. The quantitative estimate of drug-likeness (QED) is 0.568. The topological polar surface area (TPSA) is 94.2 Å². The molecule has 0 aromatic heterocycles. The number of halogens is 3. The van der Waals surface area contributed by atoms with Crippen molar-refractivity contribution < 1.29 is 41.8 Å². The Morgan fingerprint density at radius 3 is 2.32 bits per heavy atom. The number of hydrogen-bond donors (Lipinski definition) is 1. The van der Waals surface area contributed by atoms with Gasteiger partial charge in [0.2, 0.25) is 5.91 Å². The second kappa shape index (κ2) is 10.1. The van der Waals surface area contributed by atoms with Crippen LogP contribution in [0.4, 0.5) is 23.7 Å². The summed E-state index contributed by atoms with van der Waals surface area (Å²) in [4.78, 5) is 38.4. The molecule has 2 aromatic rings. The maximum atomic E-state index is 13.0. The smallest absolute Gasteiger partial charge is 0.416 e. The van der Waals surface area contributed by atoms with Gasteiger partial charge in [-0.2, -0.15) is 13.2 Å². The minimum atomic E-state index is -4.63. The van der Waals surface area contributed by atoms with Crippen molar-refractivity contribution in [1.29, 1.82) is 0 Å². The van der Waals surface area contributed by atoms with Crippen LogP contribution >= 0.6 is 11.8 Å². The molecule has 0 radical (unpaired) electrons. The van der Waals surface area contributed by atoms with Crippen LogP contribution in [0.15, 0.2) is 41.3 Å². The summed E-state index contributed by atoms with van der Waals surface area (Å²) in [6.07, 6.45) is -3.20. The SMILES string of the molecule is COc1ccc(OC)c(/C=C2\SC(=O)N(CC(=O)Nc3cc(C(F)(F)F)ccc3OC)C2=O)c1. The molecule has 3 rings (SSSR count). The maximum absolute atomic E-state index is 13.0. The largest absolute Gasteiger partial charge is 0.497 e. The van der Waals surface area contributed by atoms with E-state index in [1.165, 1.54) is 27.4 Å². The van der Waals surface area contributed by atoms with Crippen LogP contribution in [0.5, 0.6) is 17.2 Å². The first-order valence-electron chi connectivity index (χ1n) is 9.60. The fraction of sp³-hybridized carbons (Fsp3) is 0.227. The first-order chi connectivity index (χ1) is 16.1. The summed E-state index contributed by atoms with van der Waals surface area (Å²) >= 11 is 0.620. The van der Waals surface area contributed by atoms with E-state index in [-0.39, 0.29) is 16.3 Å². The number of benzene rings is 2. The summed E-state index contributed by atoms with van der Waals surface area (Å²) in [7, 11) is 4.14. The number of amides is 3. The molecule has 12 heteroatoms. The molecular formula is C22H19F3N2O6S. The molecule has 0 atom stereocenters. The summed E-state index contributed by atoms with van der Waals surface area (Å²) < 4.78 is 54.5. The normalized spacial score (nSPS) is 15.0. The second-order valence-electron chi connectivity index (χ2n) is 6.84. The fourth-order valence-electron chi connectivity index (χ4n) is 3.05. The van der Waals surface area contributed by atoms with E-state index in [1.807, 2.05) is 0 Å². The lowest BCUT2D eigenvalue weighted by Crippen LogP contribution is -2.36. The third-order valence-corrected chi connectivity index (χ3v) is 5.61. The number of alkyl halides is 3. The molecule has 0 aliphatic carbocycles. The van der Waals surface area contributed by atoms with Gasteiger partial charge in [-0.05, 0) is 54.2 Å². The van der Waals surface area contributed by atoms with Crippen LogP contribution < -0.4 is 19.5 Å². The number of thioether (sulfide) groups is 1. The van der Waals surface area contributed by atoms with Crippen LogP contribution in [-0.2, 0) is 15.8 Å². The van der Waals surface area contributed by atoms with Gasteiger partial charge in [0, 0.05) is 5.56 Å². The summed E-state index contributed by atoms with van der Waals surface area (Å²) in [5.74, 6) is -0.686. The van der Waals surface area contributed by atoms with Crippen LogP contribution in [-0.4, -0.2) is 49.8 Å². The molecular weight excluding hydrogens is 477 g/mol. The predicted octanol–water partition coefficient (Wildman–Crippen LogP) is 4.41. The van der Waals surface area contributed by atoms with Gasteiger partial charge in [-0.3, -0.25) is 19.3 Å². The zero-order valence-corrected chi connectivity index (χ0v) is 19.0. The van der Waals surface area contributed by atoms with Gasteiger partial charge >= 0.3 is 6.18 Å². The lowest BCUT2D eigenvalue weighted by atomic mass is 10.1. The average Bonchev–Trinajstić information content (AvgIpc) is 3.05. The van der Waals surface area contributed by atoms with Gasteiger partial charge in [-0.15, -0.1) is 0 Å². The Hall–Kier alpha value is -3.67. The van der Waals surface area contributed by atoms with Gasteiger partial charge in [-0.25, -0.2) is 0 Å². The summed E-state index contributed by atoms with van der Waals surface area (Å²) in [5.41, 5.74) is -0.763. The van der Waals surface area contributed by atoms with Crippen LogP contribution in [0, 0.1) is 0 Å². The standard InChI is InChI=1S/C22H19F3N2O6S/c1-31-14-5-7-16(32-2)12(8-14)9-18-20(29)27(21(30)34-18)11-19(28)26-15-10-13(22(23,24)25)4-6-17(15)33-3/h4-10H,11H2,1-3H3,(H,26,28)/b18-9-. The van der Waals surface area contributed by atoms with E-state index in [4.69, 9.17) is 14.2 Å². The van der Waals surface area contributed by atoms with E-state index >= 15 is 0 Å². The van der Waals surface area contributed by atoms with Crippen molar-refractivity contribution in [3.8, 4) is 17.2 Å². The minimum Gasteiger partial charge on any atom is -0.497 e. The highest BCUT2D eigenvalue weighted by Crippen LogP contribution is 2.36. The van der Waals surface area contributed by atoms with Gasteiger partial charge in [0.25, 0.3) is 11.1 Å². The molecule has 8 nitrogen and oxygen atoms in total. The zero-order valence-electron chi connectivity index (χ0n) is 18.2. The number of nitrogens with one attached hydrogen (secondary N) is 1. The van der Waals surface area contributed by atoms with E-state index in [0.717, 1.165) is 12.1 Å². The molecule has 0 saturated carbocycles. The van der Waals surface area contributed by atoms with Crippen LogP contribution in [0.2, 0.25) is 0 Å². The molecule has 1 heterocycles. The van der Waals surface area contributed by atoms with Crippen molar-refractivity contribution >= 4 is 40.6 Å². The molecule has 0 spiro atoms. The first-order valence-corrected chi connectivity index (χ1v) is 10.4. The molecule has 2 aromatic carbocycles. The van der Waals surface area contributed by atoms with Gasteiger partial charge in [-0.1, -0.05) is 0 Å². The van der Waals surface area contributed by atoms with E-state index in [2.05, 4.69) is 5.32 Å². The Balaban J connectivity index is 1.79. The molecule has 1 N–H and O–H groups in total. The summed E-state index contributed by atoms with van der Waals surface area (Å²) in [6.45, 7) is -0.698. The van der Waals surface area contributed by atoms with Gasteiger partial charge < -0.3 is 19.5 Å². The predicted molar refractivity (Wildman–Crippen MR) is 119 cm³/mol. The molecule has 1 aliphatic rings. The number of carbonyl (C=O) groups is 3. The van der Waals surface area contributed by atoms with Crippen molar-refractivity contribution in [2.45, 2.75) is 6.18 Å². The number of nitrogens with zero attached hydrogens (tertiary/aromatic N) is 1. The highest BCUT2D eigenvalue weighted by atomic mass is 32.2. The monoisotopic (exact) mass is 496 g/mol. The Bertz CT molecular complexity index is 1170. The molecule has 0 bridgehead atoms. The zero-order chi connectivity index (χ0) is 25.0. The highest BCUT2D eigenvalue weighted by Gasteiger charge is 2.37. The first kappa shape index (κ1) is 25.0. The van der Waals surface area contributed by atoms with Crippen molar-refractivity contribution in [2.24, 2.45) is 0 Å². The number of imide groups is 1. The van der Waals surface area contributed by atoms with Crippen LogP contribution in [0.1, 0.15) is 11.1 Å². The molecule has 1 saturated heterocycles. The number of hydrogen-bond acceptors (Lipinski definition) is 7. The Morgan fingerprint density at radius 2 is 1.71 bits per heavy atom. The number of rotatable bonds is 7. The molecule has 3 amide bonds. The van der Waals surface area contributed by atoms with Gasteiger partial charge in [0.1, 0.15) is 23.8 Å². The third kappa shape index (κ3) is 5.45. The lowest BCUT2D eigenvalue weighted by molar-refractivity contribution is -0.137. The summed E-state index contributed by atoms with van der Waals surface area (Å²) in [6, 6.07) is 7.48. The second-order valence-corrected chi connectivity index (χ2v) is 7.83. The molecule has 0 unspecified atom stereocenters. The number of methoxy groups -OCH3 is 3. The lowest BCUT2D eigenvalue weighted by Gasteiger charge is -2.16. The summed E-state index contributed by atoms with van der Waals surface area (Å²) in [5, 5.41) is 1.56. The fourth-order valence-corrected chi connectivity index (χ4v) is 3.87. The number of anilines is 1. The van der Waals surface area contributed by atoms with Gasteiger partial charge in [0.15, 0.2) is 0 Å². The molecule has 180 valence electrons. The van der Waals surface area contributed by atoms with Crippen LogP contribution in [0.3, 0.4) is 0 Å². The molecule has 1 aliphatic heterocycles. The Kier molecular flexibility index (Phi) is 7.40. The van der Waals surface area contributed by atoms with Gasteiger partial charge in [0.05, 0.1) is 37.5 Å².